The van der Waals surface area contributed by atoms with Crippen LogP contribution in [0.5, 0.6) is 0 Å². The third-order valence-electron chi connectivity index (χ3n) is 4.23. The average molecular weight is 406 g/mol. The predicted octanol–water partition coefficient (Wildman–Crippen LogP) is 3.75. The van der Waals surface area contributed by atoms with E-state index in [4.69, 9.17) is 4.42 Å². The van der Waals surface area contributed by atoms with Crippen molar-refractivity contribution in [2.45, 2.75) is 11.8 Å². The van der Waals surface area contributed by atoms with Gasteiger partial charge in [0.2, 0.25) is 0 Å². The molecule has 1 N–H and O–H groups in total. The summed E-state index contributed by atoms with van der Waals surface area (Å²) in [5.41, 5.74) is 3.00. The molecule has 4 rings (SSSR count). The zero-order chi connectivity index (χ0) is 20.3. The number of aromatic nitrogens is 2. The molecule has 0 fully saturated rings. The van der Waals surface area contributed by atoms with Crippen molar-refractivity contribution in [3.05, 3.63) is 90.3 Å². The summed E-state index contributed by atoms with van der Waals surface area (Å²) in [7, 11) is -3.76. The fourth-order valence-corrected chi connectivity index (χ4v) is 3.53. The van der Waals surface area contributed by atoms with E-state index in [9.17, 15) is 8.42 Å². The van der Waals surface area contributed by atoms with E-state index in [0.29, 0.717) is 17.0 Å². The number of nitrogens with zero attached hydrogens (tertiary/aromatic N) is 3. The van der Waals surface area contributed by atoms with Gasteiger partial charge in [0.1, 0.15) is 5.69 Å². The van der Waals surface area contributed by atoms with Crippen molar-refractivity contribution in [2.24, 2.45) is 5.10 Å². The topological polar surface area (TPSA) is 89.5 Å². The molecule has 0 saturated heterocycles. The van der Waals surface area contributed by atoms with Crippen LogP contribution in [0.25, 0.3) is 17.1 Å². The summed E-state index contributed by atoms with van der Waals surface area (Å²) in [4.78, 5) is 2.38. The molecule has 2 aromatic heterocycles. The summed E-state index contributed by atoms with van der Waals surface area (Å²) >= 11 is 0. The van der Waals surface area contributed by atoms with Crippen LogP contribution in [0.3, 0.4) is 0 Å². The largest absolute Gasteiger partial charge is 0.463 e. The highest BCUT2D eigenvalue weighted by Gasteiger charge is 2.15. The molecule has 0 amide bonds. The lowest BCUT2D eigenvalue weighted by Crippen LogP contribution is -2.18. The summed E-state index contributed by atoms with van der Waals surface area (Å²) in [6.07, 6.45) is 4.73. The van der Waals surface area contributed by atoms with E-state index >= 15 is 0 Å². The number of para-hydroxylation sites is 1. The zero-order valence-electron chi connectivity index (χ0n) is 15.6. The van der Waals surface area contributed by atoms with Gasteiger partial charge in [-0.2, -0.15) is 18.6 Å². The molecule has 0 radical (unpaired) electrons. The maximum absolute atomic E-state index is 12.4. The lowest BCUT2D eigenvalue weighted by Gasteiger charge is -2.03. The summed E-state index contributed by atoms with van der Waals surface area (Å²) in [5.74, 6) is 0.558. The first-order valence-corrected chi connectivity index (χ1v) is 10.3. The van der Waals surface area contributed by atoms with E-state index < -0.39 is 10.0 Å². The molecule has 29 heavy (non-hydrogen) atoms. The van der Waals surface area contributed by atoms with Crippen LogP contribution in [0, 0.1) is 6.92 Å². The fraction of sp³-hybridized carbons (Fsp3) is 0.0476. The van der Waals surface area contributed by atoms with Gasteiger partial charge in [0, 0.05) is 11.8 Å². The van der Waals surface area contributed by atoms with Gasteiger partial charge in [-0.15, -0.1) is 0 Å². The van der Waals surface area contributed by atoms with Gasteiger partial charge in [0.25, 0.3) is 10.0 Å². The van der Waals surface area contributed by atoms with E-state index in [2.05, 4.69) is 15.0 Å². The van der Waals surface area contributed by atoms with Gasteiger partial charge in [-0.05, 0) is 43.3 Å². The Hall–Kier alpha value is -3.65. The number of sulfonamides is 1. The minimum atomic E-state index is -3.76. The number of hydrogen-bond donors (Lipinski definition) is 1. The molecule has 0 atom stereocenters. The van der Waals surface area contributed by atoms with E-state index in [-0.39, 0.29) is 4.90 Å². The Balaban J connectivity index is 1.64. The van der Waals surface area contributed by atoms with E-state index in [0.717, 1.165) is 11.3 Å². The van der Waals surface area contributed by atoms with Gasteiger partial charge in [0.15, 0.2) is 5.76 Å². The van der Waals surface area contributed by atoms with Crippen molar-refractivity contribution in [2.75, 3.05) is 0 Å². The smallest absolute Gasteiger partial charge is 0.276 e. The Labute approximate surface area is 168 Å². The Kier molecular flexibility index (Phi) is 5.01. The quantitative estimate of drug-likeness (QED) is 0.390. The van der Waals surface area contributed by atoms with Gasteiger partial charge in [-0.1, -0.05) is 35.9 Å². The maximum atomic E-state index is 12.4. The average Bonchev–Trinajstić information content (AvgIpc) is 3.39. The van der Waals surface area contributed by atoms with Crippen molar-refractivity contribution >= 4 is 16.2 Å². The first-order valence-electron chi connectivity index (χ1n) is 8.83. The zero-order valence-corrected chi connectivity index (χ0v) is 16.4. The van der Waals surface area contributed by atoms with Crippen molar-refractivity contribution in [3.63, 3.8) is 0 Å². The summed E-state index contributed by atoms with van der Waals surface area (Å²) in [6.45, 7) is 1.89. The SMILES string of the molecule is Cc1ccc(S(=O)(=O)NN=Cc2cn(-c3ccccc3)nc2-c2ccco2)cc1. The van der Waals surface area contributed by atoms with Crippen molar-refractivity contribution in [1.29, 1.82) is 0 Å². The molecule has 146 valence electrons. The Morgan fingerprint density at radius 2 is 1.79 bits per heavy atom. The lowest BCUT2D eigenvalue weighted by atomic mass is 10.2. The third-order valence-corrected chi connectivity index (χ3v) is 5.46. The number of nitrogens with one attached hydrogen (secondary N) is 1. The molecule has 8 heteroatoms. The summed E-state index contributed by atoms with van der Waals surface area (Å²) < 4.78 is 32.0. The van der Waals surface area contributed by atoms with Gasteiger partial charge < -0.3 is 4.42 Å². The second-order valence-corrected chi connectivity index (χ2v) is 8.02. The highest BCUT2D eigenvalue weighted by Crippen LogP contribution is 2.23. The minimum absolute atomic E-state index is 0.145. The summed E-state index contributed by atoms with van der Waals surface area (Å²) in [5, 5.41) is 8.49. The molecule has 0 bridgehead atoms. The predicted molar refractivity (Wildman–Crippen MR) is 110 cm³/mol. The van der Waals surface area contributed by atoms with Crippen molar-refractivity contribution in [1.82, 2.24) is 14.6 Å². The third kappa shape index (κ3) is 4.12. The van der Waals surface area contributed by atoms with E-state index in [1.807, 2.05) is 37.3 Å². The minimum Gasteiger partial charge on any atom is -0.463 e. The maximum Gasteiger partial charge on any atom is 0.276 e. The second kappa shape index (κ2) is 7.76. The standard InChI is InChI=1S/C21H18N4O3S/c1-16-9-11-19(12-10-16)29(26,27)24-22-14-17-15-25(18-6-3-2-4-7-18)23-21(17)20-8-5-13-28-20/h2-15,24H,1H3. The molecule has 2 aromatic carbocycles. The molecule has 0 aliphatic heterocycles. The molecular formula is C21H18N4O3S. The van der Waals surface area contributed by atoms with Gasteiger partial charge >= 0.3 is 0 Å². The highest BCUT2D eigenvalue weighted by atomic mass is 32.2. The number of aryl methyl sites for hydroxylation is 1. The van der Waals surface area contributed by atoms with Crippen LogP contribution in [0.1, 0.15) is 11.1 Å². The number of hydrogen-bond acceptors (Lipinski definition) is 5. The van der Waals surface area contributed by atoms with Crippen LogP contribution in [0.2, 0.25) is 0 Å². The van der Waals surface area contributed by atoms with Crippen molar-refractivity contribution in [3.8, 4) is 17.1 Å². The molecular weight excluding hydrogens is 388 g/mol. The van der Waals surface area contributed by atoms with E-state index in [1.165, 1.54) is 18.3 Å². The van der Waals surface area contributed by atoms with Crippen LogP contribution in [0.4, 0.5) is 0 Å². The Morgan fingerprint density at radius 3 is 2.48 bits per heavy atom. The number of furan rings is 1. The first kappa shape index (κ1) is 18.7. The van der Waals surface area contributed by atoms with Crippen LogP contribution in [0.15, 0.2) is 93.6 Å². The molecule has 0 spiro atoms. The molecule has 2 heterocycles. The molecule has 4 aromatic rings. The second-order valence-electron chi connectivity index (χ2n) is 6.36. The highest BCUT2D eigenvalue weighted by molar-refractivity contribution is 7.89. The lowest BCUT2D eigenvalue weighted by molar-refractivity contribution is 0.579. The Morgan fingerprint density at radius 1 is 1.03 bits per heavy atom. The van der Waals surface area contributed by atoms with Gasteiger partial charge in [-0.3, -0.25) is 0 Å². The Bertz CT molecular complexity index is 1230. The molecule has 0 unspecified atom stereocenters. The molecule has 0 aliphatic rings. The molecule has 7 nitrogen and oxygen atoms in total. The monoisotopic (exact) mass is 406 g/mol. The first-order chi connectivity index (χ1) is 14.0. The summed E-state index contributed by atoms with van der Waals surface area (Å²) in [6, 6.07) is 19.7. The number of rotatable bonds is 6. The van der Waals surface area contributed by atoms with Crippen LogP contribution >= 0.6 is 0 Å². The van der Waals surface area contributed by atoms with Gasteiger partial charge in [0.05, 0.1) is 23.1 Å². The van der Waals surface area contributed by atoms with Crippen LogP contribution < -0.4 is 4.83 Å². The number of benzene rings is 2. The number of hydrazone groups is 1. The molecule has 0 saturated carbocycles. The van der Waals surface area contributed by atoms with Crippen molar-refractivity contribution < 1.29 is 12.8 Å². The van der Waals surface area contributed by atoms with E-state index in [1.54, 1.807) is 41.4 Å². The van der Waals surface area contributed by atoms with Crippen LogP contribution in [-0.2, 0) is 10.0 Å². The van der Waals surface area contributed by atoms with Gasteiger partial charge in [-0.25, -0.2) is 9.51 Å². The normalized spacial score (nSPS) is 11.8. The van der Waals surface area contributed by atoms with Crippen LogP contribution in [-0.4, -0.2) is 24.4 Å². The molecule has 0 aliphatic carbocycles. The fourth-order valence-electron chi connectivity index (χ4n) is 2.73.